The van der Waals surface area contributed by atoms with Crippen LogP contribution in [0, 0.1) is 0 Å². The van der Waals surface area contributed by atoms with E-state index >= 15 is 0 Å². The summed E-state index contributed by atoms with van der Waals surface area (Å²) in [7, 11) is 3.46. The zero-order chi connectivity index (χ0) is 20.2. The quantitative estimate of drug-likeness (QED) is 0.400. The zero-order valence-electron chi connectivity index (χ0n) is 16.0. The van der Waals surface area contributed by atoms with Gasteiger partial charge in [0.05, 0.1) is 17.7 Å². The average molecular weight is 426 g/mol. The molecule has 0 bridgehead atoms. The minimum atomic E-state index is 0.000650. The van der Waals surface area contributed by atoms with E-state index in [9.17, 15) is 4.79 Å². The van der Waals surface area contributed by atoms with Gasteiger partial charge in [-0.2, -0.15) is 0 Å². The summed E-state index contributed by atoms with van der Waals surface area (Å²) in [6, 6.07) is 16.0. The van der Waals surface area contributed by atoms with Crippen molar-refractivity contribution in [1.82, 2.24) is 15.1 Å². The monoisotopic (exact) mass is 425 g/mol. The third-order valence-electron chi connectivity index (χ3n) is 4.41. The Morgan fingerprint density at radius 2 is 2.00 bits per heavy atom. The van der Waals surface area contributed by atoms with Crippen LogP contribution in [-0.2, 0) is 11.3 Å². The molecule has 0 aliphatic carbocycles. The SMILES string of the molecule is COc1ccc2cc(CN(C)C(=O)CSc3nnc(-c4cccs4)o3)ccc2c1. The van der Waals surface area contributed by atoms with Gasteiger partial charge < -0.3 is 14.1 Å². The van der Waals surface area contributed by atoms with E-state index in [1.807, 2.05) is 47.8 Å². The number of hydrogen-bond donors (Lipinski definition) is 0. The molecule has 0 saturated heterocycles. The molecule has 6 nitrogen and oxygen atoms in total. The van der Waals surface area contributed by atoms with Crippen LogP contribution in [0.15, 0.2) is 63.6 Å². The van der Waals surface area contributed by atoms with E-state index in [2.05, 4.69) is 16.3 Å². The van der Waals surface area contributed by atoms with Crippen molar-refractivity contribution in [3.05, 3.63) is 59.5 Å². The predicted molar refractivity (Wildman–Crippen MR) is 115 cm³/mol. The highest BCUT2D eigenvalue weighted by atomic mass is 32.2. The number of hydrogen-bond acceptors (Lipinski definition) is 7. The fourth-order valence-corrected chi connectivity index (χ4v) is 4.21. The fraction of sp³-hybridized carbons (Fsp3) is 0.190. The van der Waals surface area contributed by atoms with Crippen molar-refractivity contribution < 1.29 is 13.9 Å². The molecule has 0 saturated carbocycles. The summed E-state index contributed by atoms with van der Waals surface area (Å²) in [5.41, 5.74) is 1.07. The molecule has 4 rings (SSSR count). The molecule has 2 aromatic heterocycles. The Labute approximate surface area is 176 Å². The molecule has 148 valence electrons. The van der Waals surface area contributed by atoms with Crippen LogP contribution in [0.3, 0.4) is 0 Å². The molecule has 2 heterocycles. The predicted octanol–water partition coefficient (Wildman–Crippen LogP) is 4.71. The van der Waals surface area contributed by atoms with Crippen molar-refractivity contribution in [2.45, 2.75) is 11.8 Å². The number of ether oxygens (including phenoxy) is 1. The summed E-state index contributed by atoms with van der Waals surface area (Å²) in [4.78, 5) is 15.1. The van der Waals surface area contributed by atoms with Crippen LogP contribution >= 0.6 is 23.1 Å². The normalized spacial score (nSPS) is 11.0. The molecular weight excluding hydrogens is 406 g/mol. The standard InChI is InChI=1S/C21H19N3O3S2/c1-24(12-14-5-6-16-11-17(26-2)8-7-15(16)10-14)19(25)13-29-21-23-22-20(27-21)18-4-3-9-28-18/h3-11H,12-13H2,1-2H3. The van der Waals surface area contributed by atoms with Gasteiger partial charge >= 0.3 is 0 Å². The van der Waals surface area contributed by atoms with Crippen LogP contribution in [0.25, 0.3) is 21.5 Å². The third kappa shape index (κ3) is 4.60. The van der Waals surface area contributed by atoms with E-state index in [1.54, 1.807) is 19.1 Å². The van der Waals surface area contributed by atoms with Gasteiger partial charge in [0.25, 0.3) is 11.1 Å². The molecule has 0 radical (unpaired) electrons. The maximum absolute atomic E-state index is 12.5. The highest BCUT2D eigenvalue weighted by Gasteiger charge is 2.14. The van der Waals surface area contributed by atoms with Gasteiger partial charge in [-0.15, -0.1) is 21.5 Å². The third-order valence-corrected chi connectivity index (χ3v) is 6.08. The highest BCUT2D eigenvalue weighted by Crippen LogP contribution is 2.27. The number of thioether (sulfide) groups is 1. The van der Waals surface area contributed by atoms with E-state index < -0.39 is 0 Å². The highest BCUT2D eigenvalue weighted by molar-refractivity contribution is 7.99. The lowest BCUT2D eigenvalue weighted by Crippen LogP contribution is -2.27. The maximum atomic E-state index is 12.5. The number of carbonyl (C=O) groups is 1. The van der Waals surface area contributed by atoms with Crippen LogP contribution in [0.1, 0.15) is 5.56 Å². The topological polar surface area (TPSA) is 68.5 Å². The average Bonchev–Trinajstić information content (AvgIpc) is 3.43. The van der Waals surface area contributed by atoms with Gasteiger partial charge in [0.1, 0.15) is 5.75 Å². The van der Waals surface area contributed by atoms with Crippen molar-refractivity contribution in [2.75, 3.05) is 19.9 Å². The van der Waals surface area contributed by atoms with Gasteiger partial charge in [-0.25, -0.2) is 0 Å². The first kappa shape index (κ1) is 19.5. The molecule has 2 aromatic carbocycles. The van der Waals surface area contributed by atoms with Crippen molar-refractivity contribution in [2.24, 2.45) is 0 Å². The molecule has 4 aromatic rings. The van der Waals surface area contributed by atoms with Gasteiger partial charge in [-0.05, 0) is 46.0 Å². The first-order chi connectivity index (χ1) is 14.1. The molecule has 0 fully saturated rings. The lowest BCUT2D eigenvalue weighted by atomic mass is 10.1. The van der Waals surface area contributed by atoms with Crippen molar-refractivity contribution >= 4 is 39.8 Å². The van der Waals surface area contributed by atoms with Crippen molar-refractivity contribution in [1.29, 1.82) is 0 Å². The van der Waals surface area contributed by atoms with E-state index in [4.69, 9.17) is 9.15 Å². The molecule has 0 unspecified atom stereocenters. The molecule has 0 aliphatic rings. The van der Waals surface area contributed by atoms with E-state index in [1.165, 1.54) is 23.1 Å². The molecule has 1 amide bonds. The molecule has 0 atom stereocenters. The van der Waals surface area contributed by atoms with E-state index in [0.717, 1.165) is 27.0 Å². The summed E-state index contributed by atoms with van der Waals surface area (Å²) >= 11 is 2.79. The second-order valence-electron chi connectivity index (χ2n) is 6.44. The molecule has 8 heteroatoms. The second kappa shape index (κ2) is 8.67. The summed E-state index contributed by atoms with van der Waals surface area (Å²) in [6.45, 7) is 0.533. The number of aromatic nitrogens is 2. The Kier molecular flexibility index (Phi) is 5.82. The van der Waals surface area contributed by atoms with Crippen LogP contribution in [-0.4, -0.2) is 40.9 Å². The summed E-state index contributed by atoms with van der Waals surface area (Å²) < 4.78 is 10.9. The van der Waals surface area contributed by atoms with E-state index in [0.29, 0.717) is 17.7 Å². The number of rotatable bonds is 7. The minimum Gasteiger partial charge on any atom is -0.497 e. The fourth-order valence-electron chi connectivity index (χ4n) is 2.86. The summed E-state index contributed by atoms with van der Waals surface area (Å²) in [5.74, 6) is 1.56. The van der Waals surface area contributed by atoms with Crippen LogP contribution in [0.4, 0.5) is 0 Å². The molecular formula is C21H19N3O3S2. The molecule has 0 aliphatic heterocycles. The Morgan fingerprint density at radius 1 is 1.17 bits per heavy atom. The Hall–Kier alpha value is -2.84. The van der Waals surface area contributed by atoms with Crippen LogP contribution < -0.4 is 4.74 Å². The van der Waals surface area contributed by atoms with Gasteiger partial charge in [-0.1, -0.05) is 36.0 Å². The van der Waals surface area contributed by atoms with Crippen molar-refractivity contribution in [3.63, 3.8) is 0 Å². The number of fused-ring (bicyclic) bond motifs is 1. The molecule has 0 spiro atoms. The van der Waals surface area contributed by atoms with Crippen molar-refractivity contribution in [3.8, 4) is 16.5 Å². The van der Waals surface area contributed by atoms with Gasteiger partial charge in [-0.3, -0.25) is 4.79 Å². The Balaban J connectivity index is 1.35. The number of carbonyl (C=O) groups excluding carboxylic acids is 1. The lowest BCUT2D eigenvalue weighted by Gasteiger charge is -2.17. The summed E-state index contributed by atoms with van der Waals surface area (Å²) in [5, 5.41) is 12.6. The van der Waals surface area contributed by atoms with Crippen LogP contribution in [0.2, 0.25) is 0 Å². The number of methoxy groups -OCH3 is 1. The van der Waals surface area contributed by atoms with Gasteiger partial charge in [0, 0.05) is 13.6 Å². The Bertz CT molecular complexity index is 1130. The number of thiophene rings is 1. The molecule has 0 N–H and O–H groups in total. The smallest absolute Gasteiger partial charge is 0.277 e. The number of amides is 1. The second-order valence-corrected chi connectivity index (χ2v) is 8.31. The van der Waals surface area contributed by atoms with E-state index in [-0.39, 0.29) is 11.7 Å². The first-order valence-corrected chi connectivity index (χ1v) is 10.8. The summed E-state index contributed by atoms with van der Waals surface area (Å²) in [6.07, 6.45) is 0. The largest absolute Gasteiger partial charge is 0.497 e. The first-order valence-electron chi connectivity index (χ1n) is 8.93. The lowest BCUT2D eigenvalue weighted by molar-refractivity contribution is -0.127. The Morgan fingerprint density at radius 3 is 2.79 bits per heavy atom. The molecule has 29 heavy (non-hydrogen) atoms. The number of nitrogens with zero attached hydrogens (tertiary/aromatic N) is 3. The number of benzene rings is 2. The van der Waals surface area contributed by atoms with Gasteiger partial charge in [0.15, 0.2) is 0 Å². The maximum Gasteiger partial charge on any atom is 0.277 e. The zero-order valence-corrected chi connectivity index (χ0v) is 17.6. The van der Waals surface area contributed by atoms with Gasteiger partial charge in [0.2, 0.25) is 5.91 Å². The van der Waals surface area contributed by atoms with Crippen LogP contribution in [0.5, 0.6) is 5.75 Å². The minimum absolute atomic E-state index is 0.000650.